The van der Waals surface area contributed by atoms with Gasteiger partial charge in [0, 0.05) is 17.3 Å². The summed E-state index contributed by atoms with van der Waals surface area (Å²) in [5.74, 6) is 0. The van der Waals surface area contributed by atoms with Gasteiger partial charge in [0.1, 0.15) is 11.8 Å². The first-order chi connectivity index (χ1) is 11.8. The largest absolute Gasteiger partial charge is 0.325 e. The van der Waals surface area contributed by atoms with Crippen molar-refractivity contribution < 1.29 is 0 Å². The standard InChI is InChI=1S/C10H10N2.C10H6N2/c2*11-7-9-6-5-8-3-1-2-4-10(8)12-9/h1-6H,7,11H2;1-6H. The van der Waals surface area contributed by atoms with Gasteiger partial charge in [-0.05, 0) is 30.3 Å². The van der Waals surface area contributed by atoms with Crippen LogP contribution in [0.5, 0.6) is 0 Å². The second-order valence-corrected chi connectivity index (χ2v) is 5.20. The summed E-state index contributed by atoms with van der Waals surface area (Å²) in [7, 11) is 0. The van der Waals surface area contributed by atoms with Crippen molar-refractivity contribution >= 4 is 21.8 Å². The summed E-state index contributed by atoms with van der Waals surface area (Å²) < 4.78 is 0. The van der Waals surface area contributed by atoms with E-state index in [0.29, 0.717) is 12.2 Å². The molecular weight excluding hydrogens is 296 g/mol. The smallest absolute Gasteiger partial charge is 0.141 e. The van der Waals surface area contributed by atoms with Crippen LogP contribution < -0.4 is 5.73 Å². The number of rotatable bonds is 1. The summed E-state index contributed by atoms with van der Waals surface area (Å²) in [6, 6.07) is 25.4. The number of fused-ring (bicyclic) bond motifs is 2. The molecule has 4 aromatic rings. The van der Waals surface area contributed by atoms with Gasteiger partial charge in [-0.15, -0.1) is 0 Å². The van der Waals surface area contributed by atoms with Crippen molar-refractivity contribution in [2.45, 2.75) is 6.54 Å². The van der Waals surface area contributed by atoms with E-state index in [2.05, 4.69) is 9.97 Å². The monoisotopic (exact) mass is 312 g/mol. The van der Waals surface area contributed by atoms with E-state index in [9.17, 15) is 0 Å². The first-order valence-corrected chi connectivity index (χ1v) is 7.61. The molecule has 0 amide bonds. The number of para-hydroxylation sites is 2. The van der Waals surface area contributed by atoms with Crippen LogP contribution in [0.15, 0.2) is 72.8 Å². The number of benzene rings is 2. The second-order valence-electron chi connectivity index (χ2n) is 5.20. The van der Waals surface area contributed by atoms with Gasteiger partial charge in [0.05, 0.1) is 16.7 Å². The van der Waals surface area contributed by atoms with E-state index in [4.69, 9.17) is 11.0 Å². The SMILES string of the molecule is N#Cc1ccc2ccccc2n1.NCc1ccc2ccccc2n1. The molecule has 0 bridgehead atoms. The van der Waals surface area contributed by atoms with Gasteiger partial charge in [-0.1, -0.05) is 42.5 Å². The summed E-state index contributed by atoms with van der Waals surface area (Å²) >= 11 is 0. The fraction of sp³-hybridized carbons (Fsp3) is 0.0500. The minimum absolute atomic E-state index is 0.466. The number of pyridine rings is 2. The Morgan fingerprint density at radius 1 is 0.750 bits per heavy atom. The zero-order valence-corrected chi connectivity index (χ0v) is 13.1. The summed E-state index contributed by atoms with van der Waals surface area (Å²) in [6.07, 6.45) is 0. The number of hydrogen-bond acceptors (Lipinski definition) is 4. The summed E-state index contributed by atoms with van der Waals surface area (Å²) in [4.78, 5) is 8.50. The number of aromatic nitrogens is 2. The first-order valence-electron chi connectivity index (χ1n) is 7.61. The van der Waals surface area contributed by atoms with Crippen LogP contribution in [0.1, 0.15) is 11.4 Å². The Balaban J connectivity index is 0.000000141. The highest BCUT2D eigenvalue weighted by atomic mass is 14.7. The molecule has 0 aliphatic carbocycles. The predicted molar refractivity (Wildman–Crippen MR) is 96.1 cm³/mol. The highest BCUT2D eigenvalue weighted by molar-refractivity contribution is 5.79. The molecule has 0 saturated carbocycles. The number of nitrogens with two attached hydrogens (primary N) is 1. The fourth-order valence-corrected chi connectivity index (χ4v) is 2.35. The summed E-state index contributed by atoms with van der Waals surface area (Å²) in [6.45, 7) is 0.505. The third-order valence-electron chi connectivity index (χ3n) is 3.58. The molecule has 2 aromatic carbocycles. The van der Waals surface area contributed by atoms with Crippen molar-refractivity contribution in [3.05, 3.63) is 84.2 Å². The van der Waals surface area contributed by atoms with Crippen molar-refractivity contribution in [3.8, 4) is 6.07 Å². The third kappa shape index (κ3) is 3.54. The summed E-state index contributed by atoms with van der Waals surface area (Å²) in [5, 5.41) is 10.8. The molecule has 116 valence electrons. The molecule has 0 atom stereocenters. The molecular formula is C20H16N4. The molecule has 4 heteroatoms. The predicted octanol–water partition coefficient (Wildman–Crippen LogP) is 3.80. The third-order valence-corrected chi connectivity index (χ3v) is 3.58. The highest BCUT2D eigenvalue weighted by Crippen LogP contribution is 2.11. The van der Waals surface area contributed by atoms with E-state index in [1.54, 1.807) is 6.07 Å². The second kappa shape index (κ2) is 7.32. The van der Waals surface area contributed by atoms with Crippen molar-refractivity contribution in [3.63, 3.8) is 0 Å². The quantitative estimate of drug-likeness (QED) is 0.580. The lowest BCUT2D eigenvalue weighted by Crippen LogP contribution is -1.98. The Labute approximate surface area is 140 Å². The Morgan fingerprint density at radius 3 is 1.96 bits per heavy atom. The van der Waals surface area contributed by atoms with E-state index in [1.165, 1.54) is 0 Å². The van der Waals surface area contributed by atoms with Crippen LogP contribution in [0.3, 0.4) is 0 Å². The van der Waals surface area contributed by atoms with Gasteiger partial charge in [-0.25, -0.2) is 4.98 Å². The fourth-order valence-electron chi connectivity index (χ4n) is 2.35. The average molecular weight is 312 g/mol. The molecule has 4 nitrogen and oxygen atoms in total. The molecule has 2 aromatic heterocycles. The zero-order valence-electron chi connectivity index (χ0n) is 13.1. The van der Waals surface area contributed by atoms with Gasteiger partial charge < -0.3 is 5.73 Å². The minimum atomic E-state index is 0.466. The highest BCUT2D eigenvalue weighted by Gasteiger charge is 1.95. The molecule has 0 spiro atoms. The molecule has 24 heavy (non-hydrogen) atoms. The maximum Gasteiger partial charge on any atom is 0.141 e. The Bertz CT molecular complexity index is 1020. The van der Waals surface area contributed by atoms with Crippen LogP contribution in [0.2, 0.25) is 0 Å². The normalized spacial score (nSPS) is 10.0. The van der Waals surface area contributed by atoms with Gasteiger partial charge in [0.15, 0.2) is 0 Å². The van der Waals surface area contributed by atoms with Gasteiger partial charge >= 0.3 is 0 Å². The molecule has 2 N–H and O–H groups in total. The van der Waals surface area contributed by atoms with Gasteiger partial charge in [0.2, 0.25) is 0 Å². The molecule has 0 aliphatic rings. The van der Waals surface area contributed by atoms with Crippen molar-refractivity contribution in [1.29, 1.82) is 5.26 Å². The van der Waals surface area contributed by atoms with Crippen LogP contribution in [0.25, 0.3) is 21.8 Å². The summed E-state index contributed by atoms with van der Waals surface area (Å²) in [5.41, 5.74) is 8.77. The minimum Gasteiger partial charge on any atom is -0.325 e. The van der Waals surface area contributed by atoms with E-state index in [1.807, 2.05) is 72.8 Å². The van der Waals surface area contributed by atoms with Crippen LogP contribution in [0.4, 0.5) is 0 Å². The number of nitrogens with zero attached hydrogens (tertiary/aromatic N) is 3. The Kier molecular flexibility index (Phi) is 4.76. The van der Waals surface area contributed by atoms with E-state index < -0.39 is 0 Å². The van der Waals surface area contributed by atoms with Crippen molar-refractivity contribution in [2.75, 3.05) is 0 Å². The lowest BCUT2D eigenvalue weighted by atomic mass is 10.2. The van der Waals surface area contributed by atoms with Crippen LogP contribution >= 0.6 is 0 Å². The molecule has 4 rings (SSSR count). The maximum absolute atomic E-state index is 8.58. The van der Waals surface area contributed by atoms with Crippen molar-refractivity contribution in [2.24, 2.45) is 5.73 Å². The Morgan fingerprint density at radius 2 is 1.33 bits per heavy atom. The average Bonchev–Trinajstić information content (AvgIpc) is 2.67. The van der Waals surface area contributed by atoms with Gasteiger partial charge in [-0.3, -0.25) is 4.98 Å². The lowest BCUT2D eigenvalue weighted by Gasteiger charge is -1.98. The Hall–Kier alpha value is -3.29. The maximum atomic E-state index is 8.58. The number of hydrogen-bond donors (Lipinski definition) is 1. The van der Waals surface area contributed by atoms with Gasteiger partial charge in [-0.2, -0.15) is 5.26 Å². The molecule has 0 fully saturated rings. The van der Waals surface area contributed by atoms with E-state index in [0.717, 1.165) is 27.5 Å². The molecule has 0 saturated heterocycles. The lowest BCUT2D eigenvalue weighted by molar-refractivity contribution is 1.01. The van der Waals surface area contributed by atoms with Crippen LogP contribution in [-0.4, -0.2) is 9.97 Å². The van der Waals surface area contributed by atoms with E-state index >= 15 is 0 Å². The van der Waals surface area contributed by atoms with E-state index in [-0.39, 0.29) is 0 Å². The van der Waals surface area contributed by atoms with Gasteiger partial charge in [0.25, 0.3) is 0 Å². The number of nitriles is 1. The van der Waals surface area contributed by atoms with Crippen LogP contribution in [0, 0.1) is 11.3 Å². The van der Waals surface area contributed by atoms with Crippen molar-refractivity contribution in [1.82, 2.24) is 9.97 Å². The topological polar surface area (TPSA) is 75.6 Å². The molecule has 2 heterocycles. The molecule has 0 radical (unpaired) electrons. The molecule has 0 unspecified atom stereocenters. The zero-order chi connectivity index (χ0) is 16.8. The first kappa shape index (κ1) is 15.6. The van der Waals surface area contributed by atoms with Crippen LogP contribution in [-0.2, 0) is 6.54 Å². The molecule has 0 aliphatic heterocycles.